The number of hydrazine groups is 1. The van der Waals surface area contributed by atoms with Gasteiger partial charge < -0.3 is 4.90 Å². The lowest BCUT2D eigenvalue weighted by Gasteiger charge is -2.22. The number of nitrogens with two attached hydrogens (primary N) is 1. The molecule has 0 bridgehead atoms. The number of hydrogen-bond acceptors (Lipinski definition) is 2. The van der Waals surface area contributed by atoms with E-state index in [4.69, 9.17) is 5.84 Å². The highest BCUT2D eigenvalue weighted by Gasteiger charge is 2.07. The Bertz CT molecular complexity index is 399. The van der Waals surface area contributed by atoms with E-state index in [2.05, 4.69) is 49.4 Å². The first-order chi connectivity index (χ1) is 8.54. The van der Waals surface area contributed by atoms with Crippen LogP contribution in [0.5, 0.6) is 0 Å². The first-order valence-electron chi connectivity index (χ1n) is 6.31. The average Bonchev–Trinajstić information content (AvgIpc) is 2.32. The molecule has 100 valence electrons. The molecule has 18 heavy (non-hydrogen) atoms. The summed E-state index contributed by atoms with van der Waals surface area (Å²) in [6.45, 7) is 7.97. The molecule has 4 nitrogen and oxygen atoms in total. The van der Waals surface area contributed by atoms with Gasteiger partial charge in [-0.1, -0.05) is 38.1 Å². The van der Waals surface area contributed by atoms with Crippen LogP contribution in [0.1, 0.15) is 25.0 Å². The second-order valence-electron chi connectivity index (χ2n) is 4.99. The molecule has 0 aliphatic heterocycles. The van der Waals surface area contributed by atoms with Crippen molar-refractivity contribution in [3.8, 4) is 0 Å². The predicted octanol–water partition coefficient (Wildman–Crippen LogP) is 1.90. The second-order valence-corrected chi connectivity index (χ2v) is 4.99. The van der Waals surface area contributed by atoms with Crippen LogP contribution in [0, 0.1) is 12.8 Å². The largest absolute Gasteiger partial charge is 0.341 e. The summed E-state index contributed by atoms with van der Waals surface area (Å²) < 4.78 is 0. The van der Waals surface area contributed by atoms with Gasteiger partial charge in [-0.05, 0) is 24.0 Å². The van der Waals surface area contributed by atoms with Crippen LogP contribution in [0.3, 0.4) is 0 Å². The zero-order valence-corrected chi connectivity index (χ0v) is 11.8. The summed E-state index contributed by atoms with van der Waals surface area (Å²) in [7, 11) is 1.99. The Morgan fingerprint density at radius 1 is 1.39 bits per heavy atom. The molecule has 0 spiro atoms. The van der Waals surface area contributed by atoms with Crippen molar-refractivity contribution in [1.82, 2.24) is 10.3 Å². The van der Waals surface area contributed by atoms with Gasteiger partial charge in [0.15, 0.2) is 0 Å². The molecule has 4 heteroatoms. The number of guanidine groups is 1. The number of aryl methyl sites for hydroxylation is 1. The topological polar surface area (TPSA) is 53.6 Å². The molecule has 1 rings (SSSR count). The zero-order valence-electron chi connectivity index (χ0n) is 11.8. The summed E-state index contributed by atoms with van der Waals surface area (Å²) >= 11 is 0. The maximum absolute atomic E-state index is 5.53. The number of nitrogens with one attached hydrogen (secondary N) is 1. The van der Waals surface area contributed by atoms with E-state index in [0.29, 0.717) is 5.92 Å². The van der Waals surface area contributed by atoms with Gasteiger partial charge >= 0.3 is 0 Å². The zero-order chi connectivity index (χ0) is 13.5. The minimum Gasteiger partial charge on any atom is -0.341 e. The van der Waals surface area contributed by atoms with Crippen LogP contribution >= 0.6 is 0 Å². The number of hydrogen-bond donors (Lipinski definition) is 2. The van der Waals surface area contributed by atoms with Gasteiger partial charge in [-0.25, -0.2) is 5.84 Å². The highest BCUT2D eigenvalue weighted by atomic mass is 15.4. The van der Waals surface area contributed by atoms with Crippen molar-refractivity contribution < 1.29 is 0 Å². The van der Waals surface area contributed by atoms with Gasteiger partial charge in [0.1, 0.15) is 0 Å². The summed E-state index contributed by atoms with van der Waals surface area (Å²) in [5, 5.41) is 0. The first-order valence-corrected chi connectivity index (χ1v) is 6.31. The minimum absolute atomic E-state index is 0.528. The van der Waals surface area contributed by atoms with Gasteiger partial charge in [-0.3, -0.25) is 10.4 Å². The van der Waals surface area contributed by atoms with Crippen LogP contribution in [0.25, 0.3) is 0 Å². The molecule has 0 heterocycles. The van der Waals surface area contributed by atoms with Gasteiger partial charge in [0.2, 0.25) is 5.96 Å². The van der Waals surface area contributed by atoms with E-state index >= 15 is 0 Å². The highest BCUT2D eigenvalue weighted by molar-refractivity contribution is 5.79. The van der Waals surface area contributed by atoms with Crippen molar-refractivity contribution >= 4 is 5.96 Å². The molecule has 0 atom stereocenters. The normalized spacial score (nSPS) is 11.8. The highest BCUT2D eigenvalue weighted by Crippen LogP contribution is 2.09. The smallest absolute Gasteiger partial charge is 0.208 e. The van der Waals surface area contributed by atoms with Crippen molar-refractivity contribution in [3.63, 3.8) is 0 Å². The third-order valence-electron chi connectivity index (χ3n) is 2.77. The Kier molecular flexibility index (Phi) is 5.65. The van der Waals surface area contributed by atoms with Gasteiger partial charge in [0, 0.05) is 20.1 Å². The van der Waals surface area contributed by atoms with E-state index < -0.39 is 0 Å². The lowest BCUT2D eigenvalue weighted by Crippen LogP contribution is -2.42. The molecule has 1 aromatic carbocycles. The van der Waals surface area contributed by atoms with Crippen LogP contribution in [0.15, 0.2) is 29.3 Å². The molecule has 0 aliphatic carbocycles. The number of aliphatic imine (C=N–C) groups is 1. The van der Waals surface area contributed by atoms with E-state index in [0.717, 1.165) is 19.0 Å². The lowest BCUT2D eigenvalue weighted by molar-refractivity contribution is 0.472. The maximum atomic E-state index is 5.53. The molecule has 0 aliphatic rings. The standard InChI is InChI=1S/C14H24N4/c1-11(2)9-16-14(17-15)18(4)10-13-8-6-5-7-12(13)3/h5-8,11H,9-10,15H2,1-4H3,(H,16,17). The van der Waals surface area contributed by atoms with E-state index in [-0.39, 0.29) is 0 Å². The Labute approximate surface area is 110 Å². The molecule has 0 unspecified atom stereocenters. The van der Waals surface area contributed by atoms with Gasteiger partial charge in [-0.15, -0.1) is 0 Å². The summed E-state index contributed by atoms with van der Waals surface area (Å²) in [6, 6.07) is 8.34. The molecular weight excluding hydrogens is 224 g/mol. The molecule has 1 aromatic rings. The fourth-order valence-corrected chi connectivity index (χ4v) is 1.66. The lowest BCUT2D eigenvalue weighted by atomic mass is 10.1. The van der Waals surface area contributed by atoms with Crippen molar-refractivity contribution in [3.05, 3.63) is 35.4 Å². The quantitative estimate of drug-likeness (QED) is 0.370. The number of benzene rings is 1. The summed E-state index contributed by atoms with van der Waals surface area (Å²) in [5.41, 5.74) is 5.24. The molecule has 0 radical (unpaired) electrons. The Morgan fingerprint density at radius 2 is 2.06 bits per heavy atom. The van der Waals surface area contributed by atoms with E-state index in [1.807, 2.05) is 18.0 Å². The van der Waals surface area contributed by atoms with Crippen LogP contribution in [0.4, 0.5) is 0 Å². The van der Waals surface area contributed by atoms with E-state index in [1.54, 1.807) is 0 Å². The predicted molar refractivity (Wildman–Crippen MR) is 77.1 cm³/mol. The average molecular weight is 248 g/mol. The van der Waals surface area contributed by atoms with Gasteiger partial charge in [-0.2, -0.15) is 0 Å². The van der Waals surface area contributed by atoms with Crippen molar-refractivity contribution in [2.24, 2.45) is 16.8 Å². The maximum Gasteiger partial charge on any atom is 0.208 e. The molecule has 0 aromatic heterocycles. The van der Waals surface area contributed by atoms with Crippen LogP contribution in [0.2, 0.25) is 0 Å². The molecule has 0 amide bonds. The van der Waals surface area contributed by atoms with Gasteiger partial charge in [0.05, 0.1) is 0 Å². The number of rotatable bonds is 4. The van der Waals surface area contributed by atoms with E-state index in [1.165, 1.54) is 11.1 Å². The Morgan fingerprint density at radius 3 is 2.61 bits per heavy atom. The third-order valence-corrected chi connectivity index (χ3v) is 2.77. The molecule has 0 saturated carbocycles. The first kappa shape index (κ1) is 14.5. The van der Waals surface area contributed by atoms with Crippen LogP contribution < -0.4 is 11.3 Å². The fraction of sp³-hybridized carbons (Fsp3) is 0.500. The SMILES string of the molecule is Cc1ccccc1CN(C)C(=NCC(C)C)NN. The Balaban J connectivity index is 2.71. The third kappa shape index (κ3) is 4.37. The molecule has 3 N–H and O–H groups in total. The van der Waals surface area contributed by atoms with Crippen LogP contribution in [-0.4, -0.2) is 24.5 Å². The summed E-state index contributed by atoms with van der Waals surface area (Å²) in [5.74, 6) is 6.79. The molecule has 0 fully saturated rings. The monoisotopic (exact) mass is 248 g/mol. The summed E-state index contributed by atoms with van der Waals surface area (Å²) in [4.78, 5) is 6.51. The van der Waals surface area contributed by atoms with E-state index in [9.17, 15) is 0 Å². The van der Waals surface area contributed by atoms with Crippen molar-refractivity contribution in [2.75, 3.05) is 13.6 Å². The van der Waals surface area contributed by atoms with Crippen LogP contribution in [-0.2, 0) is 6.54 Å². The van der Waals surface area contributed by atoms with Crippen molar-refractivity contribution in [1.29, 1.82) is 0 Å². The fourth-order valence-electron chi connectivity index (χ4n) is 1.66. The Hall–Kier alpha value is -1.55. The molecular formula is C14H24N4. The molecule has 0 saturated heterocycles. The van der Waals surface area contributed by atoms with Gasteiger partial charge in [0.25, 0.3) is 0 Å². The minimum atomic E-state index is 0.528. The number of nitrogens with zero attached hydrogens (tertiary/aromatic N) is 2. The van der Waals surface area contributed by atoms with Crippen molar-refractivity contribution in [2.45, 2.75) is 27.3 Å². The summed E-state index contributed by atoms with van der Waals surface area (Å²) in [6.07, 6.45) is 0. The second kappa shape index (κ2) is 7.01.